The molecule has 0 saturated carbocycles. The summed E-state index contributed by atoms with van der Waals surface area (Å²) >= 11 is 0. The van der Waals surface area contributed by atoms with Crippen molar-refractivity contribution < 1.29 is 4.79 Å². The van der Waals surface area contributed by atoms with Gasteiger partial charge < -0.3 is 9.80 Å². The van der Waals surface area contributed by atoms with E-state index < -0.39 is 0 Å². The van der Waals surface area contributed by atoms with E-state index in [0.29, 0.717) is 6.54 Å². The average molecular weight is 206 g/mol. The highest BCUT2D eigenvalue weighted by Crippen LogP contribution is 2.13. The van der Waals surface area contributed by atoms with Crippen LogP contribution in [0, 0.1) is 6.92 Å². The highest BCUT2D eigenvalue weighted by molar-refractivity contribution is 5.80. The maximum Gasteiger partial charge on any atom is 0.241 e. The van der Waals surface area contributed by atoms with Crippen LogP contribution in [0.5, 0.6) is 0 Å². The van der Waals surface area contributed by atoms with E-state index in [9.17, 15) is 4.79 Å². The quantitative estimate of drug-likeness (QED) is 0.748. The molecule has 82 valence electrons. The fourth-order valence-corrected chi connectivity index (χ4v) is 1.30. The number of amides is 1. The number of rotatable bonds is 3. The van der Waals surface area contributed by atoms with Gasteiger partial charge in [-0.15, -0.1) is 0 Å². The molecule has 1 amide bonds. The third-order valence-electron chi connectivity index (χ3n) is 2.31. The van der Waals surface area contributed by atoms with Gasteiger partial charge in [-0.3, -0.25) is 4.79 Å². The Balaban J connectivity index is 2.69. The number of nitrogens with zero attached hydrogens (tertiary/aromatic N) is 2. The molecule has 1 aromatic rings. The number of carbonyl (C=O) groups is 1. The van der Waals surface area contributed by atoms with E-state index in [1.165, 1.54) is 5.56 Å². The van der Waals surface area contributed by atoms with Crippen molar-refractivity contribution in [3.63, 3.8) is 0 Å². The Morgan fingerprint density at radius 3 is 2.47 bits per heavy atom. The molecule has 0 aromatic heterocycles. The number of aryl methyl sites for hydroxylation is 1. The van der Waals surface area contributed by atoms with Gasteiger partial charge in [0, 0.05) is 26.8 Å². The summed E-state index contributed by atoms with van der Waals surface area (Å²) in [7, 11) is 5.47. The monoisotopic (exact) mass is 206 g/mol. The fourth-order valence-electron chi connectivity index (χ4n) is 1.30. The summed E-state index contributed by atoms with van der Waals surface area (Å²) in [5, 5.41) is 0. The standard InChI is InChI=1S/C12H18N2O/c1-10-6-5-7-11(8-10)14(4)9-12(15)13(2)3/h5-8H,9H2,1-4H3. The molecule has 0 unspecified atom stereocenters. The zero-order chi connectivity index (χ0) is 11.4. The van der Waals surface area contributed by atoms with Crippen LogP contribution >= 0.6 is 0 Å². The van der Waals surface area contributed by atoms with E-state index in [-0.39, 0.29) is 5.91 Å². The Labute approximate surface area is 91.3 Å². The molecule has 0 spiro atoms. The predicted octanol–water partition coefficient (Wildman–Crippen LogP) is 1.52. The van der Waals surface area contributed by atoms with Gasteiger partial charge in [0.1, 0.15) is 0 Å². The topological polar surface area (TPSA) is 23.6 Å². The molecule has 1 rings (SSSR count). The first-order chi connectivity index (χ1) is 7.00. The second kappa shape index (κ2) is 4.82. The van der Waals surface area contributed by atoms with Gasteiger partial charge in [0.05, 0.1) is 6.54 Å². The van der Waals surface area contributed by atoms with E-state index in [4.69, 9.17) is 0 Å². The Bertz CT molecular complexity index is 347. The first kappa shape index (κ1) is 11.6. The van der Waals surface area contributed by atoms with Gasteiger partial charge in [-0.2, -0.15) is 0 Å². The van der Waals surface area contributed by atoms with Gasteiger partial charge >= 0.3 is 0 Å². The van der Waals surface area contributed by atoms with Crippen LogP contribution < -0.4 is 4.90 Å². The molecule has 1 aromatic carbocycles. The minimum Gasteiger partial charge on any atom is -0.365 e. The number of carbonyl (C=O) groups excluding carboxylic acids is 1. The van der Waals surface area contributed by atoms with Gasteiger partial charge in [-0.05, 0) is 24.6 Å². The van der Waals surface area contributed by atoms with Crippen molar-refractivity contribution in [2.75, 3.05) is 32.6 Å². The molecular formula is C12H18N2O. The fraction of sp³-hybridized carbons (Fsp3) is 0.417. The van der Waals surface area contributed by atoms with Crippen molar-refractivity contribution in [2.45, 2.75) is 6.92 Å². The van der Waals surface area contributed by atoms with Crippen molar-refractivity contribution in [1.82, 2.24) is 4.90 Å². The molecule has 15 heavy (non-hydrogen) atoms. The van der Waals surface area contributed by atoms with Crippen molar-refractivity contribution in [3.05, 3.63) is 29.8 Å². The Hall–Kier alpha value is -1.51. The molecule has 3 heteroatoms. The summed E-state index contributed by atoms with van der Waals surface area (Å²) in [6.07, 6.45) is 0. The van der Waals surface area contributed by atoms with Gasteiger partial charge in [-0.25, -0.2) is 0 Å². The minimum absolute atomic E-state index is 0.110. The zero-order valence-corrected chi connectivity index (χ0v) is 9.82. The molecule has 0 aliphatic heterocycles. The van der Waals surface area contributed by atoms with E-state index in [0.717, 1.165) is 5.69 Å². The SMILES string of the molecule is Cc1cccc(N(C)CC(=O)N(C)C)c1. The normalized spacial score (nSPS) is 9.87. The summed E-state index contributed by atoms with van der Waals surface area (Å²) < 4.78 is 0. The van der Waals surface area contributed by atoms with Crippen LogP contribution in [0.1, 0.15) is 5.56 Å². The lowest BCUT2D eigenvalue weighted by Crippen LogP contribution is -2.34. The number of benzene rings is 1. The summed E-state index contributed by atoms with van der Waals surface area (Å²) in [5.74, 6) is 0.110. The number of hydrogen-bond acceptors (Lipinski definition) is 2. The summed E-state index contributed by atoms with van der Waals surface area (Å²) in [4.78, 5) is 15.1. The van der Waals surface area contributed by atoms with Gasteiger partial charge in [0.15, 0.2) is 0 Å². The number of hydrogen-bond donors (Lipinski definition) is 0. The van der Waals surface area contributed by atoms with Crippen LogP contribution in [0.4, 0.5) is 5.69 Å². The van der Waals surface area contributed by atoms with Crippen molar-refractivity contribution in [2.24, 2.45) is 0 Å². The first-order valence-corrected chi connectivity index (χ1v) is 4.98. The van der Waals surface area contributed by atoms with Gasteiger partial charge in [-0.1, -0.05) is 12.1 Å². The minimum atomic E-state index is 0.110. The molecule has 0 bridgehead atoms. The Kier molecular flexibility index (Phi) is 3.72. The lowest BCUT2D eigenvalue weighted by Gasteiger charge is -2.21. The summed E-state index contributed by atoms with van der Waals surface area (Å²) in [6.45, 7) is 2.46. The zero-order valence-electron chi connectivity index (χ0n) is 9.82. The predicted molar refractivity (Wildman–Crippen MR) is 63.1 cm³/mol. The van der Waals surface area contributed by atoms with E-state index in [1.807, 2.05) is 37.1 Å². The molecule has 0 heterocycles. The largest absolute Gasteiger partial charge is 0.365 e. The van der Waals surface area contributed by atoms with E-state index >= 15 is 0 Å². The summed E-state index contributed by atoms with van der Waals surface area (Å²) in [6, 6.07) is 8.13. The number of likely N-dealkylation sites (N-methyl/N-ethyl adjacent to an activating group) is 2. The lowest BCUT2D eigenvalue weighted by atomic mass is 10.2. The number of anilines is 1. The molecule has 0 fully saturated rings. The lowest BCUT2D eigenvalue weighted by molar-refractivity contribution is -0.127. The van der Waals surface area contributed by atoms with Crippen LogP contribution in [-0.2, 0) is 4.79 Å². The summed E-state index contributed by atoms with van der Waals surface area (Å²) in [5.41, 5.74) is 2.28. The molecule has 0 aliphatic carbocycles. The van der Waals surface area contributed by atoms with Crippen LogP contribution in [-0.4, -0.2) is 38.5 Å². The maximum absolute atomic E-state index is 11.5. The molecule has 0 N–H and O–H groups in total. The van der Waals surface area contributed by atoms with Gasteiger partial charge in [0.25, 0.3) is 0 Å². The van der Waals surface area contributed by atoms with E-state index in [1.54, 1.807) is 19.0 Å². The van der Waals surface area contributed by atoms with Gasteiger partial charge in [0.2, 0.25) is 5.91 Å². The molecular weight excluding hydrogens is 188 g/mol. The molecule has 0 radical (unpaired) electrons. The molecule has 0 atom stereocenters. The Morgan fingerprint density at radius 1 is 1.27 bits per heavy atom. The van der Waals surface area contributed by atoms with Crippen molar-refractivity contribution in [3.8, 4) is 0 Å². The Morgan fingerprint density at radius 2 is 1.93 bits per heavy atom. The second-order valence-electron chi connectivity index (χ2n) is 3.98. The second-order valence-corrected chi connectivity index (χ2v) is 3.98. The van der Waals surface area contributed by atoms with Crippen molar-refractivity contribution in [1.29, 1.82) is 0 Å². The third kappa shape index (κ3) is 3.27. The molecule has 3 nitrogen and oxygen atoms in total. The average Bonchev–Trinajstić information content (AvgIpc) is 2.17. The maximum atomic E-state index is 11.5. The van der Waals surface area contributed by atoms with Crippen molar-refractivity contribution >= 4 is 11.6 Å². The van der Waals surface area contributed by atoms with E-state index in [2.05, 4.69) is 6.07 Å². The van der Waals surface area contributed by atoms with Crippen LogP contribution in [0.25, 0.3) is 0 Å². The highest BCUT2D eigenvalue weighted by Gasteiger charge is 2.08. The van der Waals surface area contributed by atoms with Crippen LogP contribution in [0.2, 0.25) is 0 Å². The van der Waals surface area contributed by atoms with Crippen LogP contribution in [0.15, 0.2) is 24.3 Å². The first-order valence-electron chi connectivity index (χ1n) is 4.98. The molecule has 0 saturated heterocycles. The smallest absolute Gasteiger partial charge is 0.241 e. The highest BCUT2D eigenvalue weighted by atomic mass is 16.2. The molecule has 0 aliphatic rings. The third-order valence-corrected chi connectivity index (χ3v) is 2.31. The van der Waals surface area contributed by atoms with Crippen LogP contribution in [0.3, 0.4) is 0 Å².